The molecule has 1 aromatic rings. The van der Waals surface area contributed by atoms with Crippen molar-refractivity contribution in [2.24, 2.45) is 0 Å². The van der Waals surface area contributed by atoms with Crippen LogP contribution >= 0.6 is 11.6 Å². The molecule has 0 atom stereocenters. The molecule has 0 radical (unpaired) electrons. The van der Waals surface area contributed by atoms with Crippen molar-refractivity contribution in [1.82, 2.24) is 0 Å². The zero-order valence-electron chi connectivity index (χ0n) is 8.35. The molecule has 2 nitrogen and oxygen atoms in total. The summed E-state index contributed by atoms with van der Waals surface area (Å²) in [5.41, 5.74) is -1.72. The first-order chi connectivity index (χ1) is 7.86. The van der Waals surface area contributed by atoms with Crippen LogP contribution in [0.5, 0.6) is 0 Å². The minimum atomic E-state index is -4.79. The molecular weight excluding hydrogens is 264 g/mol. The third-order valence-corrected chi connectivity index (χ3v) is 1.97. The van der Waals surface area contributed by atoms with Crippen LogP contribution in [0.3, 0.4) is 0 Å². The Morgan fingerprint density at radius 1 is 1.35 bits per heavy atom. The molecule has 0 saturated heterocycles. The second-order valence-electron chi connectivity index (χ2n) is 3.02. The number of alkyl halides is 4. The van der Waals surface area contributed by atoms with E-state index in [1.165, 1.54) is 0 Å². The third kappa shape index (κ3) is 3.59. The van der Waals surface area contributed by atoms with Crippen LogP contribution in [-0.4, -0.2) is 18.5 Å². The lowest BCUT2D eigenvalue weighted by atomic mass is 10.1. The Morgan fingerprint density at radius 2 is 2.00 bits per heavy atom. The molecule has 0 amide bonds. The normalized spacial score (nSPS) is 11.4. The quantitative estimate of drug-likeness (QED) is 0.479. The summed E-state index contributed by atoms with van der Waals surface area (Å²) in [4.78, 5) is 11.2. The molecule has 0 aromatic heterocycles. The molecule has 1 rings (SSSR count). The van der Waals surface area contributed by atoms with Crippen LogP contribution in [0, 0.1) is 5.82 Å². The molecule has 0 aliphatic rings. The topological polar surface area (TPSA) is 26.3 Å². The van der Waals surface area contributed by atoms with Crippen molar-refractivity contribution >= 4 is 17.6 Å². The van der Waals surface area contributed by atoms with Gasteiger partial charge in [-0.05, 0) is 18.2 Å². The Bertz CT molecular complexity index is 417. The molecule has 17 heavy (non-hydrogen) atoms. The van der Waals surface area contributed by atoms with Gasteiger partial charge in [-0.1, -0.05) is 0 Å². The van der Waals surface area contributed by atoms with E-state index in [0.717, 1.165) is 6.07 Å². The van der Waals surface area contributed by atoms with Crippen molar-refractivity contribution in [2.75, 3.05) is 12.5 Å². The highest BCUT2D eigenvalue weighted by Crippen LogP contribution is 2.31. The van der Waals surface area contributed by atoms with E-state index in [0.29, 0.717) is 12.1 Å². The third-order valence-electron chi connectivity index (χ3n) is 1.82. The molecule has 1 aromatic carbocycles. The maximum Gasteiger partial charge on any atom is 0.419 e. The molecule has 7 heteroatoms. The van der Waals surface area contributed by atoms with Crippen molar-refractivity contribution in [3.05, 3.63) is 35.1 Å². The summed E-state index contributed by atoms with van der Waals surface area (Å²) in [5.74, 6) is -2.38. The van der Waals surface area contributed by atoms with Crippen LogP contribution in [0.4, 0.5) is 17.6 Å². The van der Waals surface area contributed by atoms with Gasteiger partial charge in [0.15, 0.2) is 0 Å². The second-order valence-corrected chi connectivity index (χ2v) is 3.40. The van der Waals surface area contributed by atoms with Crippen LogP contribution in [0.2, 0.25) is 0 Å². The van der Waals surface area contributed by atoms with E-state index in [1.54, 1.807) is 0 Å². The summed E-state index contributed by atoms with van der Waals surface area (Å²) in [6.07, 6.45) is -4.79. The molecule has 0 bridgehead atoms. The summed E-state index contributed by atoms with van der Waals surface area (Å²) in [6.45, 7) is -0.0942. The maximum atomic E-state index is 13.1. The van der Waals surface area contributed by atoms with Gasteiger partial charge < -0.3 is 4.74 Å². The highest BCUT2D eigenvalue weighted by Gasteiger charge is 2.34. The molecule has 0 saturated carbocycles. The molecule has 0 fully saturated rings. The molecule has 0 spiro atoms. The van der Waals surface area contributed by atoms with Crippen LogP contribution in [0.15, 0.2) is 18.2 Å². The number of carbonyl (C=O) groups excluding carboxylic acids is 1. The first-order valence-corrected chi connectivity index (χ1v) is 4.99. The molecule has 94 valence electrons. The molecule has 0 N–H and O–H groups in total. The number of esters is 1. The Kier molecular flexibility index (Phi) is 4.34. The van der Waals surface area contributed by atoms with E-state index in [1.807, 2.05) is 0 Å². The predicted molar refractivity (Wildman–Crippen MR) is 52.4 cm³/mol. The van der Waals surface area contributed by atoms with Crippen LogP contribution in [0.25, 0.3) is 0 Å². The van der Waals surface area contributed by atoms with Crippen LogP contribution in [-0.2, 0) is 10.9 Å². The van der Waals surface area contributed by atoms with Gasteiger partial charge in [0, 0.05) is 0 Å². The molecule has 0 aliphatic heterocycles. The van der Waals surface area contributed by atoms with Crippen molar-refractivity contribution < 1.29 is 27.1 Å². The van der Waals surface area contributed by atoms with Gasteiger partial charge in [-0.3, -0.25) is 0 Å². The lowest BCUT2D eigenvalue weighted by molar-refractivity contribution is -0.140. The number of halogens is 5. The van der Waals surface area contributed by atoms with E-state index in [9.17, 15) is 22.4 Å². The molecule has 0 unspecified atom stereocenters. The van der Waals surface area contributed by atoms with Crippen LogP contribution in [0.1, 0.15) is 15.9 Å². The number of benzene rings is 1. The van der Waals surface area contributed by atoms with E-state index >= 15 is 0 Å². The average Bonchev–Trinajstić information content (AvgIpc) is 2.23. The van der Waals surface area contributed by atoms with Crippen molar-refractivity contribution in [3.63, 3.8) is 0 Å². The number of hydrogen-bond acceptors (Lipinski definition) is 2. The van der Waals surface area contributed by atoms with Crippen LogP contribution < -0.4 is 0 Å². The first-order valence-electron chi connectivity index (χ1n) is 4.46. The number of ether oxygens (including phenoxy) is 1. The van der Waals surface area contributed by atoms with Gasteiger partial charge in [-0.15, -0.1) is 11.6 Å². The fourth-order valence-corrected chi connectivity index (χ4v) is 1.16. The number of hydrogen-bond donors (Lipinski definition) is 0. The molecule has 0 aliphatic carbocycles. The zero-order chi connectivity index (χ0) is 13.1. The lowest BCUT2D eigenvalue weighted by Gasteiger charge is -2.09. The average molecular weight is 271 g/mol. The van der Waals surface area contributed by atoms with E-state index in [2.05, 4.69) is 4.74 Å². The van der Waals surface area contributed by atoms with E-state index < -0.39 is 23.5 Å². The Labute approximate surface area is 99.1 Å². The van der Waals surface area contributed by atoms with Crippen molar-refractivity contribution in [3.8, 4) is 0 Å². The Morgan fingerprint density at radius 3 is 2.47 bits per heavy atom. The lowest BCUT2D eigenvalue weighted by Crippen LogP contribution is -2.11. The summed E-state index contributed by atoms with van der Waals surface area (Å²) in [7, 11) is 0. The highest BCUT2D eigenvalue weighted by molar-refractivity contribution is 6.18. The summed E-state index contributed by atoms with van der Waals surface area (Å²) >= 11 is 5.25. The summed E-state index contributed by atoms with van der Waals surface area (Å²) in [6, 6.07) is 1.83. The van der Waals surface area contributed by atoms with Gasteiger partial charge in [0.25, 0.3) is 0 Å². The van der Waals surface area contributed by atoms with Gasteiger partial charge in [-0.25, -0.2) is 9.18 Å². The Hall–Kier alpha value is -1.30. The second kappa shape index (κ2) is 5.35. The molecular formula is C10H7ClF4O2. The van der Waals surface area contributed by atoms with Gasteiger partial charge in [0.1, 0.15) is 12.4 Å². The maximum absolute atomic E-state index is 13.1. The SMILES string of the molecule is O=C(OCCCl)c1ccc(C(F)(F)F)c(F)c1. The Balaban J connectivity index is 2.93. The number of carbonyl (C=O) groups is 1. The number of rotatable bonds is 3. The minimum absolute atomic E-state index is 0.0505. The largest absolute Gasteiger partial charge is 0.461 e. The molecule has 0 heterocycles. The van der Waals surface area contributed by atoms with E-state index in [-0.39, 0.29) is 18.1 Å². The summed E-state index contributed by atoms with van der Waals surface area (Å²) < 4.78 is 54.2. The smallest absolute Gasteiger partial charge is 0.419 e. The zero-order valence-corrected chi connectivity index (χ0v) is 9.11. The van der Waals surface area contributed by atoms with Gasteiger partial charge in [-0.2, -0.15) is 13.2 Å². The first kappa shape index (κ1) is 13.8. The predicted octanol–water partition coefficient (Wildman–Crippen LogP) is 3.24. The van der Waals surface area contributed by atoms with Gasteiger partial charge >= 0.3 is 12.1 Å². The monoisotopic (exact) mass is 270 g/mol. The van der Waals surface area contributed by atoms with Gasteiger partial charge in [0.05, 0.1) is 17.0 Å². The van der Waals surface area contributed by atoms with Crippen molar-refractivity contribution in [1.29, 1.82) is 0 Å². The standard InChI is InChI=1S/C10H7ClF4O2/c11-3-4-17-9(16)6-1-2-7(8(12)5-6)10(13,14)15/h1-2,5H,3-4H2. The minimum Gasteiger partial charge on any atom is -0.461 e. The van der Waals surface area contributed by atoms with Crippen molar-refractivity contribution in [2.45, 2.75) is 6.18 Å². The van der Waals surface area contributed by atoms with E-state index in [4.69, 9.17) is 11.6 Å². The van der Waals surface area contributed by atoms with Gasteiger partial charge in [0.2, 0.25) is 0 Å². The fraction of sp³-hybridized carbons (Fsp3) is 0.300. The summed E-state index contributed by atoms with van der Waals surface area (Å²) in [5, 5.41) is 0. The highest BCUT2D eigenvalue weighted by atomic mass is 35.5. The fourth-order valence-electron chi connectivity index (χ4n) is 1.09.